The van der Waals surface area contributed by atoms with Gasteiger partial charge in [0, 0.05) is 48.7 Å². The van der Waals surface area contributed by atoms with Crippen molar-refractivity contribution in [2.75, 3.05) is 43.5 Å². The van der Waals surface area contributed by atoms with E-state index in [1.54, 1.807) is 0 Å². The van der Waals surface area contributed by atoms with E-state index in [2.05, 4.69) is 30.1 Å². The first-order valence-corrected chi connectivity index (χ1v) is 16.9. The largest absolute Gasteiger partial charge is 0.472 e. The molecule has 5 saturated heterocycles. The molecule has 6 atom stereocenters. The van der Waals surface area contributed by atoms with Crippen molar-refractivity contribution < 1.29 is 31.8 Å². The van der Waals surface area contributed by atoms with Crippen LogP contribution in [0.5, 0.6) is 11.9 Å². The molecule has 256 valence electrons. The number of nitrogens with one attached hydrogen (secondary N) is 1. The Hall–Kier alpha value is -3.56. The molecule has 6 fully saturated rings. The zero-order chi connectivity index (χ0) is 33.1. The van der Waals surface area contributed by atoms with E-state index >= 15 is 4.39 Å². The summed E-state index contributed by atoms with van der Waals surface area (Å²) in [5, 5.41) is 3.88. The van der Waals surface area contributed by atoms with Crippen LogP contribution in [0, 0.1) is 18.2 Å². The van der Waals surface area contributed by atoms with Gasteiger partial charge in [-0.1, -0.05) is 0 Å². The molecular formula is C33H38F4N8O3. The van der Waals surface area contributed by atoms with Gasteiger partial charge in [0.2, 0.25) is 5.88 Å². The van der Waals surface area contributed by atoms with Gasteiger partial charge in [-0.2, -0.15) is 23.1 Å². The summed E-state index contributed by atoms with van der Waals surface area (Å²) in [5.74, 6) is -0.821. The highest BCUT2D eigenvalue weighted by atomic mass is 19.4. The van der Waals surface area contributed by atoms with Crippen LogP contribution in [0.4, 0.5) is 29.2 Å². The number of alkyl halides is 3. The van der Waals surface area contributed by atoms with Gasteiger partial charge in [0.1, 0.15) is 34.3 Å². The lowest BCUT2D eigenvalue weighted by molar-refractivity contribution is -0.137. The Kier molecular flexibility index (Phi) is 6.81. The number of morpholine rings is 1. The molecule has 9 heterocycles. The van der Waals surface area contributed by atoms with Gasteiger partial charge in [-0.3, -0.25) is 4.90 Å². The number of halogens is 4. The van der Waals surface area contributed by atoms with Crippen LogP contribution in [0.3, 0.4) is 0 Å². The number of piperazine rings is 1. The number of fused-ring (bicyclic) bond motifs is 8. The highest BCUT2D eigenvalue weighted by Crippen LogP contribution is 2.49. The van der Waals surface area contributed by atoms with E-state index in [1.165, 1.54) is 6.92 Å². The maximum absolute atomic E-state index is 16.8. The SMILES string of the molecule is Cc1nc(N)cc(-c2nc3c4c(nc(OCC5(CN6CC7CCC6CO7)CC5)nc4c2F)N2C[C@H]4CC[C@H](N4)[C@H]2[C@H](C)O3)c1C(F)(F)F. The molecule has 11 nitrogen and oxygen atoms in total. The van der Waals surface area contributed by atoms with Gasteiger partial charge < -0.3 is 30.2 Å². The van der Waals surface area contributed by atoms with E-state index in [9.17, 15) is 13.2 Å². The van der Waals surface area contributed by atoms with Gasteiger partial charge in [-0.25, -0.2) is 14.4 Å². The van der Waals surface area contributed by atoms with Crippen molar-refractivity contribution in [2.45, 2.75) is 94.9 Å². The number of nitrogens with two attached hydrogens (primary N) is 1. The topological polar surface area (TPSA) is 124 Å². The number of hydrogen-bond acceptors (Lipinski definition) is 11. The Morgan fingerprint density at radius 2 is 1.94 bits per heavy atom. The summed E-state index contributed by atoms with van der Waals surface area (Å²) in [7, 11) is 0. The molecule has 15 heteroatoms. The molecule has 3 N–H and O–H groups in total. The molecule has 0 amide bonds. The smallest absolute Gasteiger partial charge is 0.418 e. The number of hydrogen-bond donors (Lipinski definition) is 2. The van der Waals surface area contributed by atoms with E-state index in [0.29, 0.717) is 25.0 Å². The molecule has 1 saturated carbocycles. The standard InChI is InChI=1S/C33H38F4N8O3/c1-15-24(33(35,36)37)20(9-22(38)39-15)26-25(34)27-23-29(45-10-17-3-6-21(40-17)28(45)16(2)48-30(23)41-26)43-31(42-27)47-14-32(7-8-32)13-44-11-19-5-4-18(44)12-46-19/h9,16-19,21,28,40H,3-8,10-14H2,1-2H3,(H2,38,39)/t16-,17+,18?,19?,21-,28+/m0/s1. The second kappa shape index (κ2) is 10.7. The number of anilines is 2. The molecular weight excluding hydrogens is 632 g/mol. The van der Waals surface area contributed by atoms with Gasteiger partial charge in [0.15, 0.2) is 5.82 Å². The van der Waals surface area contributed by atoms with Crippen LogP contribution in [0.2, 0.25) is 0 Å². The Balaban J connectivity index is 1.16. The Morgan fingerprint density at radius 1 is 1.10 bits per heavy atom. The van der Waals surface area contributed by atoms with Crippen LogP contribution in [0.15, 0.2) is 6.07 Å². The second-order valence-corrected chi connectivity index (χ2v) is 14.6. The third-order valence-corrected chi connectivity index (χ3v) is 11.3. The van der Waals surface area contributed by atoms with Crippen molar-refractivity contribution >= 4 is 22.5 Å². The molecule has 0 radical (unpaired) electrons. The lowest BCUT2D eigenvalue weighted by atomic mass is 9.95. The van der Waals surface area contributed by atoms with Crippen molar-refractivity contribution in [1.29, 1.82) is 0 Å². The number of nitrogen functional groups attached to an aromatic ring is 1. The highest BCUT2D eigenvalue weighted by molar-refractivity contribution is 5.97. The summed E-state index contributed by atoms with van der Waals surface area (Å²) in [6, 6.07) is 1.51. The summed E-state index contributed by atoms with van der Waals surface area (Å²) in [6.45, 7) is 6.58. The zero-order valence-electron chi connectivity index (χ0n) is 26.8. The van der Waals surface area contributed by atoms with Gasteiger partial charge in [-0.15, -0.1) is 0 Å². The highest BCUT2D eigenvalue weighted by Gasteiger charge is 2.50. The zero-order valence-corrected chi connectivity index (χ0v) is 26.8. The fraction of sp³-hybridized carbons (Fsp3) is 0.636. The predicted octanol–water partition coefficient (Wildman–Crippen LogP) is 4.25. The van der Waals surface area contributed by atoms with Gasteiger partial charge in [-0.05, 0) is 58.4 Å². The molecule has 48 heavy (non-hydrogen) atoms. The lowest BCUT2D eigenvalue weighted by Crippen LogP contribution is -2.62. The second-order valence-electron chi connectivity index (χ2n) is 14.6. The van der Waals surface area contributed by atoms with E-state index in [4.69, 9.17) is 24.9 Å². The first kappa shape index (κ1) is 30.5. The number of aromatic nitrogens is 4. The Bertz CT molecular complexity index is 1800. The summed E-state index contributed by atoms with van der Waals surface area (Å²) < 4.78 is 78.7. The summed E-state index contributed by atoms with van der Waals surface area (Å²) in [6.07, 6.45) is 1.10. The third-order valence-electron chi connectivity index (χ3n) is 11.3. The average molecular weight is 671 g/mol. The molecule has 4 bridgehead atoms. The summed E-state index contributed by atoms with van der Waals surface area (Å²) in [5.41, 5.74) is 3.04. The van der Waals surface area contributed by atoms with E-state index in [0.717, 1.165) is 64.3 Å². The van der Waals surface area contributed by atoms with Crippen molar-refractivity contribution in [3.63, 3.8) is 0 Å². The third kappa shape index (κ3) is 4.94. The van der Waals surface area contributed by atoms with Crippen molar-refractivity contribution in [1.82, 2.24) is 30.2 Å². The quantitative estimate of drug-likeness (QED) is 0.366. The monoisotopic (exact) mass is 670 g/mol. The maximum atomic E-state index is 16.8. The minimum absolute atomic E-state index is 0.0186. The lowest BCUT2D eigenvalue weighted by Gasteiger charge is -2.46. The van der Waals surface area contributed by atoms with E-state index in [1.807, 2.05) is 6.92 Å². The molecule has 10 rings (SSSR count). The van der Waals surface area contributed by atoms with Crippen LogP contribution in [-0.4, -0.2) is 94.1 Å². The van der Waals surface area contributed by atoms with Crippen LogP contribution < -0.4 is 25.4 Å². The normalized spacial score (nSPS) is 30.2. The molecule has 6 aliphatic heterocycles. The number of rotatable bonds is 6. The molecule has 7 aliphatic rings. The fourth-order valence-corrected chi connectivity index (χ4v) is 8.78. The van der Waals surface area contributed by atoms with Gasteiger partial charge in [0.25, 0.3) is 0 Å². The van der Waals surface area contributed by atoms with Crippen molar-refractivity contribution in [3.05, 3.63) is 23.1 Å². The van der Waals surface area contributed by atoms with Gasteiger partial charge >= 0.3 is 12.2 Å². The summed E-state index contributed by atoms with van der Waals surface area (Å²) in [4.78, 5) is 22.3. The van der Waals surface area contributed by atoms with Crippen LogP contribution in [0.1, 0.15) is 56.7 Å². The number of pyridine rings is 2. The fourth-order valence-electron chi connectivity index (χ4n) is 8.78. The Labute approximate surface area is 274 Å². The summed E-state index contributed by atoms with van der Waals surface area (Å²) >= 11 is 0. The molecule has 0 spiro atoms. The van der Waals surface area contributed by atoms with Crippen molar-refractivity contribution in [3.8, 4) is 23.1 Å². The van der Waals surface area contributed by atoms with Crippen molar-refractivity contribution in [2.24, 2.45) is 5.41 Å². The Morgan fingerprint density at radius 3 is 2.65 bits per heavy atom. The molecule has 1 aliphatic carbocycles. The number of piperidine rings is 1. The van der Waals surface area contributed by atoms with Crippen LogP contribution in [-0.2, 0) is 10.9 Å². The van der Waals surface area contributed by atoms with E-state index < -0.39 is 34.9 Å². The number of aryl methyl sites for hydroxylation is 1. The maximum Gasteiger partial charge on any atom is 0.418 e. The molecule has 0 aromatic carbocycles. The number of ether oxygens (including phenoxy) is 3. The molecule has 3 aromatic rings. The molecule has 3 aromatic heterocycles. The predicted molar refractivity (Wildman–Crippen MR) is 167 cm³/mol. The molecule has 2 unspecified atom stereocenters. The number of nitrogens with zero attached hydrogens (tertiary/aromatic N) is 6. The first-order chi connectivity index (χ1) is 23.0. The average Bonchev–Trinajstić information content (AvgIpc) is 3.73. The van der Waals surface area contributed by atoms with E-state index in [-0.39, 0.29) is 63.9 Å². The van der Waals surface area contributed by atoms with Crippen LogP contribution >= 0.6 is 0 Å². The first-order valence-electron chi connectivity index (χ1n) is 16.9. The minimum atomic E-state index is -4.85. The van der Waals surface area contributed by atoms with Crippen LogP contribution in [0.25, 0.3) is 22.2 Å². The van der Waals surface area contributed by atoms with Gasteiger partial charge in [0.05, 0.1) is 36.6 Å². The minimum Gasteiger partial charge on any atom is -0.472 e.